The molecule has 0 aromatic heterocycles. The largest absolute Gasteiger partial charge is 0.294 e. The quantitative estimate of drug-likeness (QED) is 0.732. The molecule has 0 heterocycles. The van der Waals surface area contributed by atoms with Crippen LogP contribution in [-0.4, -0.2) is 5.78 Å². The van der Waals surface area contributed by atoms with E-state index in [1.165, 1.54) is 12.1 Å². The monoisotopic (exact) mass is 242 g/mol. The van der Waals surface area contributed by atoms with Gasteiger partial charge >= 0.3 is 0 Å². The van der Waals surface area contributed by atoms with E-state index in [0.717, 1.165) is 11.1 Å². The topological polar surface area (TPSA) is 17.1 Å². The third kappa shape index (κ3) is 2.48. The Morgan fingerprint density at radius 3 is 2.22 bits per heavy atom. The summed E-state index contributed by atoms with van der Waals surface area (Å²) in [6.45, 7) is 3.76. The van der Waals surface area contributed by atoms with Crippen LogP contribution in [0.15, 0.2) is 48.5 Å². The van der Waals surface area contributed by atoms with Crippen LogP contribution in [0.1, 0.15) is 24.2 Å². The van der Waals surface area contributed by atoms with E-state index in [4.69, 9.17) is 0 Å². The molecule has 0 saturated heterocycles. The lowest BCUT2D eigenvalue weighted by molar-refractivity contribution is 0.0940. The fourth-order valence-corrected chi connectivity index (χ4v) is 1.89. The third-order valence-electron chi connectivity index (χ3n) is 2.87. The van der Waals surface area contributed by atoms with Crippen molar-refractivity contribution in [2.24, 2.45) is 5.92 Å². The highest BCUT2D eigenvalue weighted by Gasteiger charge is 2.15. The number of halogens is 1. The summed E-state index contributed by atoms with van der Waals surface area (Å²) in [6.07, 6.45) is 0. The number of carbonyl (C=O) groups is 1. The Hall–Kier alpha value is -1.96. The maximum Gasteiger partial charge on any atom is 0.166 e. The van der Waals surface area contributed by atoms with Crippen LogP contribution in [0.5, 0.6) is 0 Å². The van der Waals surface area contributed by atoms with Crippen LogP contribution in [-0.2, 0) is 0 Å². The molecule has 0 N–H and O–H groups in total. The van der Waals surface area contributed by atoms with Gasteiger partial charge in [-0.3, -0.25) is 4.79 Å². The second-order valence-corrected chi connectivity index (χ2v) is 4.57. The number of ketones is 1. The lowest BCUT2D eigenvalue weighted by Crippen LogP contribution is -2.08. The van der Waals surface area contributed by atoms with Crippen LogP contribution in [0.2, 0.25) is 0 Å². The SMILES string of the molecule is CC(C)C(=O)c1ccccc1-c1ccc(F)cc1. The fourth-order valence-electron chi connectivity index (χ4n) is 1.89. The summed E-state index contributed by atoms with van der Waals surface area (Å²) in [4.78, 5) is 12.1. The van der Waals surface area contributed by atoms with Gasteiger partial charge in [0.15, 0.2) is 5.78 Å². The molecule has 0 spiro atoms. The van der Waals surface area contributed by atoms with Crippen LogP contribution < -0.4 is 0 Å². The highest BCUT2D eigenvalue weighted by Crippen LogP contribution is 2.25. The maximum atomic E-state index is 12.9. The highest BCUT2D eigenvalue weighted by molar-refractivity contribution is 6.03. The zero-order valence-corrected chi connectivity index (χ0v) is 10.5. The fraction of sp³-hybridized carbons (Fsp3) is 0.188. The lowest BCUT2D eigenvalue weighted by Gasteiger charge is -2.10. The third-order valence-corrected chi connectivity index (χ3v) is 2.87. The Kier molecular flexibility index (Phi) is 3.56. The molecule has 0 fully saturated rings. The van der Waals surface area contributed by atoms with E-state index in [9.17, 15) is 9.18 Å². The lowest BCUT2D eigenvalue weighted by atomic mass is 9.92. The smallest absolute Gasteiger partial charge is 0.166 e. The molecular weight excluding hydrogens is 227 g/mol. The standard InChI is InChI=1S/C16H15FO/c1-11(2)16(18)15-6-4-3-5-14(15)12-7-9-13(17)10-8-12/h3-11H,1-2H3. The predicted octanol–water partition coefficient (Wildman–Crippen LogP) is 4.33. The number of benzene rings is 2. The van der Waals surface area contributed by atoms with E-state index in [0.29, 0.717) is 5.56 Å². The number of rotatable bonds is 3. The second-order valence-electron chi connectivity index (χ2n) is 4.57. The Bertz CT molecular complexity index is 556. The first kappa shape index (κ1) is 12.5. The van der Waals surface area contributed by atoms with Crippen LogP contribution in [0.4, 0.5) is 4.39 Å². The molecule has 2 aromatic carbocycles. The highest BCUT2D eigenvalue weighted by atomic mass is 19.1. The minimum Gasteiger partial charge on any atom is -0.294 e. The van der Waals surface area contributed by atoms with Gasteiger partial charge in [-0.15, -0.1) is 0 Å². The van der Waals surface area contributed by atoms with Crippen molar-refractivity contribution in [2.75, 3.05) is 0 Å². The van der Waals surface area contributed by atoms with Gasteiger partial charge in [0.2, 0.25) is 0 Å². The average molecular weight is 242 g/mol. The zero-order chi connectivity index (χ0) is 13.1. The second kappa shape index (κ2) is 5.13. The molecule has 0 aliphatic rings. The Morgan fingerprint density at radius 2 is 1.61 bits per heavy atom. The molecule has 0 bridgehead atoms. The molecule has 0 aliphatic heterocycles. The first-order valence-corrected chi connectivity index (χ1v) is 5.99. The van der Waals surface area contributed by atoms with E-state index in [2.05, 4.69) is 0 Å². The summed E-state index contributed by atoms with van der Waals surface area (Å²) in [6, 6.07) is 13.7. The van der Waals surface area contributed by atoms with Crippen molar-refractivity contribution in [1.82, 2.24) is 0 Å². The number of carbonyl (C=O) groups excluding carboxylic acids is 1. The molecule has 0 amide bonds. The number of Topliss-reactive ketones (excluding diaryl/α,β-unsaturated/α-hetero) is 1. The van der Waals surface area contributed by atoms with Gasteiger partial charge in [0.25, 0.3) is 0 Å². The summed E-state index contributed by atoms with van der Waals surface area (Å²) >= 11 is 0. The summed E-state index contributed by atoms with van der Waals surface area (Å²) in [7, 11) is 0. The van der Waals surface area contributed by atoms with Gasteiger partial charge in [0.1, 0.15) is 5.82 Å². The van der Waals surface area contributed by atoms with Crippen LogP contribution >= 0.6 is 0 Å². The van der Waals surface area contributed by atoms with Crippen LogP contribution in [0.3, 0.4) is 0 Å². The maximum absolute atomic E-state index is 12.9. The van der Waals surface area contributed by atoms with Gasteiger partial charge in [-0.05, 0) is 23.3 Å². The molecule has 0 radical (unpaired) electrons. The zero-order valence-electron chi connectivity index (χ0n) is 10.5. The minimum absolute atomic E-state index is 0.0494. The molecule has 0 aliphatic carbocycles. The Morgan fingerprint density at radius 1 is 1.00 bits per heavy atom. The van der Waals surface area contributed by atoms with Crippen molar-refractivity contribution in [1.29, 1.82) is 0 Å². The minimum atomic E-state index is -0.272. The van der Waals surface area contributed by atoms with E-state index < -0.39 is 0 Å². The van der Waals surface area contributed by atoms with Gasteiger partial charge in [0, 0.05) is 11.5 Å². The molecule has 0 saturated carbocycles. The normalized spacial score (nSPS) is 10.7. The predicted molar refractivity (Wildman–Crippen MR) is 71.0 cm³/mol. The summed E-state index contributed by atoms with van der Waals surface area (Å²) in [5.74, 6) is -0.215. The molecule has 2 aromatic rings. The molecule has 92 valence electrons. The van der Waals surface area contributed by atoms with Gasteiger partial charge in [-0.2, -0.15) is 0 Å². The van der Waals surface area contributed by atoms with Gasteiger partial charge < -0.3 is 0 Å². The molecule has 0 unspecified atom stereocenters. The van der Waals surface area contributed by atoms with Crippen molar-refractivity contribution in [3.8, 4) is 11.1 Å². The molecule has 0 atom stereocenters. The number of hydrogen-bond donors (Lipinski definition) is 0. The van der Waals surface area contributed by atoms with E-state index in [-0.39, 0.29) is 17.5 Å². The molecular formula is C16H15FO. The number of hydrogen-bond acceptors (Lipinski definition) is 1. The first-order valence-electron chi connectivity index (χ1n) is 5.99. The Balaban J connectivity index is 2.51. The van der Waals surface area contributed by atoms with Crippen molar-refractivity contribution in [3.05, 3.63) is 59.9 Å². The summed E-state index contributed by atoms with van der Waals surface area (Å²) < 4.78 is 12.9. The van der Waals surface area contributed by atoms with E-state index in [1.54, 1.807) is 12.1 Å². The van der Waals surface area contributed by atoms with Crippen molar-refractivity contribution >= 4 is 5.78 Å². The average Bonchev–Trinajstić information content (AvgIpc) is 2.39. The van der Waals surface area contributed by atoms with Gasteiger partial charge in [-0.1, -0.05) is 50.2 Å². The van der Waals surface area contributed by atoms with Crippen molar-refractivity contribution < 1.29 is 9.18 Å². The summed E-state index contributed by atoms with van der Waals surface area (Å²) in [5, 5.41) is 0. The van der Waals surface area contributed by atoms with Crippen molar-refractivity contribution in [2.45, 2.75) is 13.8 Å². The van der Waals surface area contributed by atoms with Gasteiger partial charge in [0.05, 0.1) is 0 Å². The van der Waals surface area contributed by atoms with E-state index >= 15 is 0 Å². The summed E-state index contributed by atoms with van der Waals surface area (Å²) in [5.41, 5.74) is 2.41. The van der Waals surface area contributed by atoms with E-state index in [1.807, 2.05) is 38.1 Å². The first-order chi connectivity index (χ1) is 8.59. The van der Waals surface area contributed by atoms with Crippen molar-refractivity contribution in [3.63, 3.8) is 0 Å². The van der Waals surface area contributed by atoms with Crippen LogP contribution in [0.25, 0.3) is 11.1 Å². The molecule has 1 nitrogen and oxygen atoms in total. The van der Waals surface area contributed by atoms with Gasteiger partial charge in [-0.25, -0.2) is 4.39 Å². The Labute approximate surface area is 106 Å². The molecule has 2 rings (SSSR count). The molecule has 2 heteroatoms. The molecule has 18 heavy (non-hydrogen) atoms. The van der Waals surface area contributed by atoms with Crippen LogP contribution in [0, 0.1) is 11.7 Å².